The van der Waals surface area contributed by atoms with Crippen molar-refractivity contribution in [2.24, 2.45) is 0 Å². The van der Waals surface area contributed by atoms with Crippen LogP contribution < -0.4 is 10.1 Å². The predicted molar refractivity (Wildman–Crippen MR) is 80.6 cm³/mol. The largest absolute Gasteiger partial charge is 0.496 e. The Balaban J connectivity index is 1.93. The lowest BCUT2D eigenvalue weighted by Gasteiger charge is -2.08. The highest BCUT2D eigenvalue weighted by Crippen LogP contribution is 2.18. The second-order valence-corrected chi connectivity index (χ2v) is 5.67. The van der Waals surface area contributed by atoms with E-state index in [1.165, 1.54) is 11.3 Å². The van der Waals surface area contributed by atoms with Crippen LogP contribution in [0.4, 0.5) is 0 Å². The quantitative estimate of drug-likeness (QED) is 0.921. The summed E-state index contributed by atoms with van der Waals surface area (Å²) in [6.07, 6.45) is 0.743. The highest BCUT2D eigenvalue weighted by molar-refractivity contribution is 7.13. The van der Waals surface area contributed by atoms with Gasteiger partial charge in [0.05, 0.1) is 17.8 Å². The van der Waals surface area contributed by atoms with E-state index >= 15 is 0 Å². The van der Waals surface area contributed by atoms with Gasteiger partial charge in [-0.15, -0.1) is 11.3 Å². The number of thiazole rings is 1. The summed E-state index contributed by atoms with van der Waals surface area (Å²) in [4.78, 5) is 17.0. The number of hydrogen-bond donors (Lipinski definition) is 1. The Hall–Kier alpha value is -1.88. The number of methoxy groups -OCH3 is 1. The number of ether oxygens (including phenoxy) is 1. The summed E-state index contributed by atoms with van der Waals surface area (Å²) in [6.45, 7) is 4.34. The van der Waals surface area contributed by atoms with Crippen LogP contribution in [0.5, 0.6) is 5.75 Å². The van der Waals surface area contributed by atoms with Crippen molar-refractivity contribution in [3.05, 3.63) is 45.4 Å². The molecule has 0 bridgehead atoms. The van der Waals surface area contributed by atoms with Crippen LogP contribution in [0.15, 0.2) is 24.3 Å². The smallest absolute Gasteiger partial charge is 0.263 e. The van der Waals surface area contributed by atoms with Crippen LogP contribution >= 0.6 is 11.3 Å². The topological polar surface area (TPSA) is 51.2 Å². The Morgan fingerprint density at radius 3 is 2.75 bits per heavy atom. The second kappa shape index (κ2) is 6.52. The Kier molecular flexibility index (Phi) is 4.74. The van der Waals surface area contributed by atoms with Crippen LogP contribution in [-0.4, -0.2) is 24.5 Å². The van der Waals surface area contributed by atoms with E-state index in [-0.39, 0.29) is 5.91 Å². The van der Waals surface area contributed by atoms with Crippen molar-refractivity contribution in [1.82, 2.24) is 10.3 Å². The summed E-state index contributed by atoms with van der Waals surface area (Å²) in [7, 11) is 1.65. The van der Waals surface area contributed by atoms with Crippen LogP contribution in [0.2, 0.25) is 0 Å². The molecule has 1 heterocycles. The van der Waals surface area contributed by atoms with Crippen LogP contribution in [0.25, 0.3) is 0 Å². The van der Waals surface area contributed by atoms with E-state index in [0.717, 1.165) is 28.4 Å². The number of nitrogens with zero attached hydrogens (tertiary/aromatic N) is 1. The number of benzene rings is 1. The molecule has 4 nitrogen and oxygen atoms in total. The molecule has 0 unspecified atom stereocenters. The molecule has 1 aromatic heterocycles. The summed E-state index contributed by atoms with van der Waals surface area (Å²) < 4.78 is 5.29. The van der Waals surface area contributed by atoms with Gasteiger partial charge in [0.15, 0.2) is 0 Å². The molecule has 0 atom stereocenters. The summed E-state index contributed by atoms with van der Waals surface area (Å²) >= 11 is 1.43. The second-order valence-electron chi connectivity index (χ2n) is 4.47. The maximum Gasteiger partial charge on any atom is 0.263 e. The third kappa shape index (κ3) is 3.36. The Morgan fingerprint density at radius 2 is 2.10 bits per heavy atom. The average Bonchev–Trinajstić information content (AvgIpc) is 2.78. The molecule has 1 aromatic carbocycles. The number of amides is 1. The number of aromatic nitrogens is 1. The minimum Gasteiger partial charge on any atom is -0.496 e. The highest BCUT2D eigenvalue weighted by atomic mass is 32.1. The van der Waals surface area contributed by atoms with Crippen molar-refractivity contribution in [3.63, 3.8) is 0 Å². The van der Waals surface area contributed by atoms with Gasteiger partial charge in [0.1, 0.15) is 10.6 Å². The predicted octanol–water partition coefficient (Wildman–Crippen LogP) is 2.74. The SMILES string of the molecule is COc1ccccc1CCNC(=O)c1sc(C)nc1C. The Labute approximate surface area is 122 Å². The number of rotatable bonds is 5. The zero-order chi connectivity index (χ0) is 14.5. The molecule has 0 saturated carbocycles. The molecule has 106 valence electrons. The first kappa shape index (κ1) is 14.5. The zero-order valence-electron chi connectivity index (χ0n) is 11.9. The molecule has 0 radical (unpaired) electrons. The van der Waals surface area contributed by atoms with Crippen molar-refractivity contribution in [3.8, 4) is 5.75 Å². The van der Waals surface area contributed by atoms with Crippen LogP contribution in [0, 0.1) is 13.8 Å². The number of hydrogen-bond acceptors (Lipinski definition) is 4. The fourth-order valence-electron chi connectivity index (χ4n) is 2.04. The molecule has 20 heavy (non-hydrogen) atoms. The Morgan fingerprint density at radius 1 is 1.35 bits per heavy atom. The standard InChI is InChI=1S/C15H18N2O2S/c1-10-14(20-11(2)17-10)15(18)16-9-8-12-6-4-5-7-13(12)19-3/h4-7H,8-9H2,1-3H3,(H,16,18). The lowest BCUT2D eigenvalue weighted by atomic mass is 10.1. The number of aryl methyl sites for hydroxylation is 2. The zero-order valence-corrected chi connectivity index (χ0v) is 12.7. The third-order valence-electron chi connectivity index (χ3n) is 2.98. The first-order chi connectivity index (χ1) is 9.61. The minimum absolute atomic E-state index is 0.0528. The van der Waals surface area contributed by atoms with Gasteiger partial charge in [-0.1, -0.05) is 18.2 Å². The van der Waals surface area contributed by atoms with E-state index in [1.807, 2.05) is 38.1 Å². The van der Waals surface area contributed by atoms with E-state index in [0.29, 0.717) is 11.4 Å². The van der Waals surface area contributed by atoms with Crippen molar-refractivity contribution >= 4 is 17.2 Å². The first-order valence-corrected chi connectivity index (χ1v) is 7.27. The van der Waals surface area contributed by atoms with Gasteiger partial charge < -0.3 is 10.1 Å². The van der Waals surface area contributed by atoms with E-state index in [4.69, 9.17) is 4.74 Å². The number of carbonyl (C=O) groups is 1. The van der Waals surface area contributed by atoms with Crippen LogP contribution in [0.3, 0.4) is 0 Å². The van der Waals surface area contributed by atoms with E-state index in [9.17, 15) is 4.79 Å². The molecular weight excluding hydrogens is 272 g/mol. The maximum absolute atomic E-state index is 12.1. The molecule has 0 saturated heterocycles. The molecular formula is C15H18N2O2S. The molecule has 2 aromatic rings. The molecule has 5 heteroatoms. The van der Waals surface area contributed by atoms with Gasteiger partial charge in [0, 0.05) is 6.54 Å². The summed E-state index contributed by atoms with van der Waals surface area (Å²) in [5, 5.41) is 3.84. The normalized spacial score (nSPS) is 10.3. The Bertz CT molecular complexity index is 608. The number of para-hydroxylation sites is 1. The molecule has 0 fully saturated rings. The van der Waals surface area contributed by atoms with E-state index < -0.39 is 0 Å². The molecule has 0 aliphatic rings. The van der Waals surface area contributed by atoms with Crippen molar-refractivity contribution in [2.75, 3.05) is 13.7 Å². The first-order valence-electron chi connectivity index (χ1n) is 6.46. The summed E-state index contributed by atoms with van der Waals surface area (Å²) in [5.41, 5.74) is 1.88. The van der Waals surface area contributed by atoms with Gasteiger partial charge in [-0.05, 0) is 31.9 Å². The van der Waals surface area contributed by atoms with Crippen molar-refractivity contribution in [2.45, 2.75) is 20.3 Å². The van der Waals surface area contributed by atoms with Crippen LogP contribution in [-0.2, 0) is 6.42 Å². The maximum atomic E-state index is 12.1. The monoisotopic (exact) mass is 290 g/mol. The fraction of sp³-hybridized carbons (Fsp3) is 0.333. The van der Waals surface area contributed by atoms with Gasteiger partial charge in [0.25, 0.3) is 5.91 Å². The molecule has 2 rings (SSSR count). The van der Waals surface area contributed by atoms with Gasteiger partial charge in [-0.25, -0.2) is 4.98 Å². The molecule has 0 aliphatic heterocycles. The minimum atomic E-state index is -0.0528. The van der Waals surface area contributed by atoms with Crippen LogP contribution in [0.1, 0.15) is 25.9 Å². The lowest BCUT2D eigenvalue weighted by Crippen LogP contribution is -2.25. The number of nitrogens with one attached hydrogen (secondary N) is 1. The molecule has 0 aliphatic carbocycles. The third-order valence-corrected chi connectivity index (χ3v) is 4.05. The van der Waals surface area contributed by atoms with E-state index in [2.05, 4.69) is 10.3 Å². The summed E-state index contributed by atoms with van der Waals surface area (Å²) in [5.74, 6) is 0.801. The highest BCUT2D eigenvalue weighted by Gasteiger charge is 2.13. The van der Waals surface area contributed by atoms with E-state index in [1.54, 1.807) is 7.11 Å². The van der Waals surface area contributed by atoms with Gasteiger partial charge in [0.2, 0.25) is 0 Å². The lowest BCUT2D eigenvalue weighted by molar-refractivity contribution is 0.0957. The molecule has 1 N–H and O–H groups in total. The van der Waals surface area contributed by atoms with Crippen molar-refractivity contribution < 1.29 is 9.53 Å². The molecule has 1 amide bonds. The summed E-state index contributed by atoms with van der Waals surface area (Å²) in [6, 6.07) is 7.84. The van der Waals surface area contributed by atoms with Gasteiger partial charge in [-0.2, -0.15) is 0 Å². The molecule has 0 spiro atoms. The van der Waals surface area contributed by atoms with Gasteiger partial charge in [-0.3, -0.25) is 4.79 Å². The fourth-order valence-corrected chi connectivity index (χ4v) is 2.88. The van der Waals surface area contributed by atoms with Gasteiger partial charge >= 0.3 is 0 Å². The number of carbonyl (C=O) groups excluding carboxylic acids is 1. The average molecular weight is 290 g/mol. The van der Waals surface area contributed by atoms with Crippen molar-refractivity contribution in [1.29, 1.82) is 0 Å².